The van der Waals surface area contributed by atoms with Crippen LogP contribution in [-0.2, 0) is 9.59 Å². The van der Waals surface area contributed by atoms with E-state index < -0.39 is 11.9 Å². The van der Waals surface area contributed by atoms with Crippen LogP contribution in [0.5, 0.6) is 0 Å². The van der Waals surface area contributed by atoms with Crippen molar-refractivity contribution in [1.29, 1.82) is 0 Å². The van der Waals surface area contributed by atoms with Gasteiger partial charge in [0, 0.05) is 17.8 Å². The van der Waals surface area contributed by atoms with E-state index in [0.29, 0.717) is 17.8 Å². The third-order valence-corrected chi connectivity index (χ3v) is 3.20. The number of hydrogen-bond acceptors (Lipinski definition) is 4. The molecule has 1 aromatic carbocycles. The van der Waals surface area contributed by atoms with Crippen LogP contribution in [0.1, 0.15) is 30.1 Å². The summed E-state index contributed by atoms with van der Waals surface area (Å²) >= 11 is 0. The van der Waals surface area contributed by atoms with Gasteiger partial charge in [0.15, 0.2) is 0 Å². The molecule has 6 nitrogen and oxygen atoms in total. The zero-order valence-corrected chi connectivity index (χ0v) is 11.3. The molecule has 1 aliphatic heterocycles. The van der Waals surface area contributed by atoms with E-state index >= 15 is 0 Å². The van der Waals surface area contributed by atoms with Gasteiger partial charge >= 0.3 is 0 Å². The molecule has 1 unspecified atom stereocenters. The normalized spacial score (nSPS) is 18.4. The summed E-state index contributed by atoms with van der Waals surface area (Å²) in [5.74, 6) is -0.850. The zero-order valence-electron chi connectivity index (χ0n) is 11.3. The molecule has 2 rings (SSSR count). The van der Waals surface area contributed by atoms with E-state index in [4.69, 9.17) is 5.73 Å². The topological polar surface area (TPSA) is 92.5 Å². The van der Waals surface area contributed by atoms with E-state index in [-0.39, 0.29) is 18.2 Å². The molecule has 1 atom stereocenters. The van der Waals surface area contributed by atoms with Crippen molar-refractivity contribution in [2.75, 3.05) is 11.9 Å². The second-order valence-electron chi connectivity index (χ2n) is 4.73. The second-order valence-corrected chi connectivity index (χ2v) is 4.73. The van der Waals surface area contributed by atoms with Gasteiger partial charge < -0.3 is 11.1 Å². The fraction of sp³-hybridized carbons (Fsp3) is 0.357. The van der Waals surface area contributed by atoms with Crippen LogP contribution >= 0.6 is 0 Å². The quantitative estimate of drug-likeness (QED) is 0.775. The van der Waals surface area contributed by atoms with Crippen LogP contribution in [0.25, 0.3) is 0 Å². The summed E-state index contributed by atoms with van der Waals surface area (Å²) in [4.78, 5) is 36.0. The minimum absolute atomic E-state index is 0.150. The van der Waals surface area contributed by atoms with Crippen molar-refractivity contribution in [3.8, 4) is 0 Å². The summed E-state index contributed by atoms with van der Waals surface area (Å²) in [5.41, 5.74) is 6.23. The number of nitrogens with zero attached hydrogens (tertiary/aromatic N) is 1. The van der Waals surface area contributed by atoms with Gasteiger partial charge in [-0.2, -0.15) is 0 Å². The number of carbonyl (C=O) groups excluding carboxylic acids is 3. The maximum atomic E-state index is 12.1. The lowest BCUT2D eigenvalue weighted by atomic mass is 10.1. The standard InChI is InChI=1S/C14H17N3O3/c1-2-7-17-12(18)8-11(14(17)20)16-10-5-3-9(4-6-10)13(15)19/h3-6,11,16H,2,7-8H2,1H3,(H2,15,19). The Hall–Kier alpha value is -2.37. The largest absolute Gasteiger partial charge is 0.373 e. The summed E-state index contributed by atoms with van der Waals surface area (Å²) in [5, 5.41) is 3.01. The number of anilines is 1. The molecule has 106 valence electrons. The number of benzene rings is 1. The number of hydrogen-bond donors (Lipinski definition) is 2. The van der Waals surface area contributed by atoms with Gasteiger partial charge in [0.2, 0.25) is 11.8 Å². The highest BCUT2D eigenvalue weighted by Gasteiger charge is 2.37. The summed E-state index contributed by atoms with van der Waals surface area (Å²) in [6, 6.07) is 5.96. The highest BCUT2D eigenvalue weighted by Crippen LogP contribution is 2.19. The number of nitrogens with two attached hydrogens (primary N) is 1. The first kappa shape index (κ1) is 14.0. The Morgan fingerprint density at radius 1 is 1.35 bits per heavy atom. The van der Waals surface area contributed by atoms with Gasteiger partial charge in [-0.1, -0.05) is 6.92 Å². The fourth-order valence-electron chi connectivity index (χ4n) is 2.19. The van der Waals surface area contributed by atoms with Crippen LogP contribution in [0.15, 0.2) is 24.3 Å². The SMILES string of the molecule is CCCN1C(=O)CC(Nc2ccc(C(N)=O)cc2)C1=O. The molecule has 0 aliphatic carbocycles. The lowest BCUT2D eigenvalue weighted by Gasteiger charge is -2.15. The molecule has 0 bridgehead atoms. The molecule has 20 heavy (non-hydrogen) atoms. The lowest BCUT2D eigenvalue weighted by molar-refractivity contribution is -0.138. The molecule has 3 amide bonds. The van der Waals surface area contributed by atoms with Crippen molar-refractivity contribution in [3.63, 3.8) is 0 Å². The number of carbonyl (C=O) groups is 3. The highest BCUT2D eigenvalue weighted by atomic mass is 16.2. The van der Waals surface area contributed by atoms with Gasteiger partial charge in [-0.15, -0.1) is 0 Å². The van der Waals surface area contributed by atoms with Gasteiger partial charge in [0.25, 0.3) is 5.91 Å². The monoisotopic (exact) mass is 275 g/mol. The third-order valence-electron chi connectivity index (χ3n) is 3.20. The molecule has 0 saturated carbocycles. The molecular weight excluding hydrogens is 258 g/mol. The number of nitrogens with one attached hydrogen (secondary N) is 1. The minimum atomic E-state index is -0.534. The Morgan fingerprint density at radius 2 is 2.00 bits per heavy atom. The van der Waals surface area contributed by atoms with E-state index in [1.807, 2.05) is 6.92 Å². The Bertz CT molecular complexity index is 539. The average Bonchev–Trinajstić information content (AvgIpc) is 2.67. The first-order valence-corrected chi connectivity index (χ1v) is 6.53. The Morgan fingerprint density at radius 3 is 2.55 bits per heavy atom. The Balaban J connectivity index is 2.05. The molecule has 0 radical (unpaired) electrons. The second kappa shape index (κ2) is 5.73. The highest BCUT2D eigenvalue weighted by molar-refractivity contribution is 6.06. The van der Waals surface area contributed by atoms with Crippen molar-refractivity contribution in [2.24, 2.45) is 5.73 Å². The third kappa shape index (κ3) is 2.79. The van der Waals surface area contributed by atoms with Crippen molar-refractivity contribution in [3.05, 3.63) is 29.8 Å². The van der Waals surface area contributed by atoms with Crippen molar-refractivity contribution in [1.82, 2.24) is 4.90 Å². The predicted octanol–water partition coefficient (Wildman–Crippen LogP) is 0.735. The number of rotatable bonds is 5. The minimum Gasteiger partial charge on any atom is -0.373 e. The lowest BCUT2D eigenvalue weighted by Crippen LogP contribution is -2.35. The van der Waals surface area contributed by atoms with Crippen LogP contribution in [0.3, 0.4) is 0 Å². The van der Waals surface area contributed by atoms with Crippen molar-refractivity contribution in [2.45, 2.75) is 25.8 Å². The number of amides is 3. The summed E-state index contributed by atoms with van der Waals surface area (Å²) in [6.07, 6.45) is 0.911. The number of likely N-dealkylation sites (tertiary alicyclic amines) is 1. The molecule has 1 aromatic rings. The van der Waals surface area contributed by atoms with Crippen LogP contribution in [0.2, 0.25) is 0 Å². The maximum Gasteiger partial charge on any atom is 0.252 e. The van der Waals surface area contributed by atoms with Gasteiger partial charge in [0.05, 0.1) is 6.42 Å². The van der Waals surface area contributed by atoms with Crippen LogP contribution in [0.4, 0.5) is 5.69 Å². The zero-order chi connectivity index (χ0) is 14.7. The Labute approximate surface area is 116 Å². The van der Waals surface area contributed by atoms with Gasteiger partial charge in [-0.05, 0) is 30.7 Å². The van der Waals surface area contributed by atoms with E-state index in [1.54, 1.807) is 24.3 Å². The first-order valence-electron chi connectivity index (χ1n) is 6.53. The molecule has 1 fully saturated rings. The molecule has 1 heterocycles. The summed E-state index contributed by atoms with van der Waals surface area (Å²) < 4.78 is 0. The number of imide groups is 1. The molecule has 0 aromatic heterocycles. The van der Waals surface area contributed by atoms with Crippen molar-refractivity contribution >= 4 is 23.4 Å². The fourth-order valence-corrected chi connectivity index (χ4v) is 2.19. The van der Waals surface area contributed by atoms with Crippen LogP contribution in [-0.4, -0.2) is 35.2 Å². The summed E-state index contributed by atoms with van der Waals surface area (Å²) in [6.45, 7) is 2.38. The van der Waals surface area contributed by atoms with Crippen molar-refractivity contribution < 1.29 is 14.4 Å². The average molecular weight is 275 g/mol. The van der Waals surface area contributed by atoms with Gasteiger partial charge in [0.1, 0.15) is 6.04 Å². The smallest absolute Gasteiger partial charge is 0.252 e. The maximum absolute atomic E-state index is 12.1. The van der Waals surface area contributed by atoms with Gasteiger partial charge in [-0.25, -0.2) is 0 Å². The molecular formula is C14H17N3O3. The van der Waals surface area contributed by atoms with Crippen LogP contribution in [0, 0.1) is 0 Å². The van der Waals surface area contributed by atoms with E-state index in [2.05, 4.69) is 5.32 Å². The molecule has 6 heteroatoms. The van der Waals surface area contributed by atoms with E-state index in [9.17, 15) is 14.4 Å². The molecule has 0 spiro atoms. The van der Waals surface area contributed by atoms with Gasteiger partial charge in [-0.3, -0.25) is 19.3 Å². The first-order chi connectivity index (χ1) is 9.52. The molecule has 1 saturated heterocycles. The van der Waals surface area contributed by atoms with E-state index in [1.165, 1.54) is 4.90 Å². The molecule has 1 aliphatic rings. The summed E-state index contributed by atoms with van der Waals surface area (Å²) in [7, 11) is 0. The molecule has 3 N–H and O–H groups in total. The Kier molecular flexibility index (Phi) is 4.02. The predicted molar refractivity (Wildman–Crippen MR) is 74.0 cm³/mol. The van der Waals surface area contributed by atoms with E-state index in [0.717, 1.165) is 6.42 Å². The van der Waals surface area contributed by atoms with Crippen LogP contribution < -0.4 is 11.1 Å². The number of primary amides is 1.